The first-order valence-electron chi connectivity index (χ1n) is 19.6. The van der Waals surface area contributed by atoms with Gasteiger partial charge in [-0.1, -0.05) is 70.5 Å². The second kappa shape index (κ2) is 11.3. The zero-order valence-corrected chi connectivity index (χ0v) is 32.4. The SMILES string of the molecule is CCCN(CC1(O)CCC2C34C=CC5(C=C3C(=O)Cc3c(F)cccc3Cl)CC(O)CCC5(C)C4CCC21C)C(=O)C12CCC(C)(C(=O)O1)C2(C)C. The van der Waals surface area contributed by atoms with Gasteiger partial charge in [0.25, 0.3) is 5.91 Å². The van der Waals surface area contributed by atoms with E-state index in [-0.39, 0.29) is 58.5 Å². The van der Waals surface area contributed by atoms with E-state index in [0.29, 0.717) is 57.1 Å². The summed E-state index contributed by atoms with van der Waals surface area (Å²) < 4.78 is 21.2. The fraction of sp³-hybridized carbons (Fsp3) is 0.698. The van der Waals surface area contributed by atoms with E-state index in [1.165, 1.54) is 6.07 Å². The molecular weight excluding hydrogens is 681 g/mol. The molecular formula is C43H55ClFNO6. The lowest BCUT2D eigenvalue weighted by molar-refractivity contribution is -0.188. The number of carbonyl (C=O) groups is 3. The summed E-state index contributed by atoms with van der Waals surface area (Å²) in [5.41, 5.74) is -5.21. The summed E-state index contributed by atoms with van der Waals surface area (Å²) in [5.74, 6) is -1.25. The second-order valence-electron chi connectivity index (χ2n) is 19.0. The first kappa shape index (κ1) is 36.4. The molecule has 0 aromatic heterocycles. The molecule has 1 amide bonds. The van der Waals surface area contributed by atoms with Gasteiger partial charge in [-0.25, -0.2) is 4.39 Å². The Morgan fingerprint density at radius 3 is 2.33 bits per heavy atom. The van der Waals surface area contributed by atoms with Gasteiger partial charge in [-0.05, 0) is 101 Å². The molecule has 9 heteroatoms. The van der Waals surface area contributed by atoms with E-state index in [9.17, 15) is 24.6 Å². The van der Waals surface area contributed by atoms with E-state index < -0.39 is 50.2 Å². The van der Waals surface area contributed by atoms with E-state index in [0.717, 1.165) is 19.3 Å². The van der Waals surface area contributed by atoms with Crippen molar-refractivity contribution in [1.82, 2.24) is 4.90 Å². The minimum absolute atomic E-state index is 0.0834. The number of aliphatic hydroxyl groups is 2. The van der Waals surface area contributed by atoms with Crippen LogP contribution in [-0.2, 0) is 25.5 Å². The number of carbonyl (C=O) groups excluding carboxylic acids is 3. The topological polar surface area (TPSA) is 104 Å². The van der Waals surface area contributed by atoms with E-state index in [2.05, 4.69) is 32.1 Å². The molecule has 4 bridgehead atoms. The lowest BCUT2D eigenvalue weighted by Crippen LogP contribution is -2.68. The summed E-state index contributed by atoms with van der Waals surface area (Å²) in [5, 5.41) is 24.3. The molecule has 4 saturated carbocycles. The number of ether oxygens (including phenoxy) is 1. The molecule has 1 heterocycles. The predicted molar refractivity (Wildman–Crippen MR) is 195 cm³/mol. The van der Waals surface area contributed by atoms with Crippen molar-refractivity contribution in [3.05, 3.63) is 58.4 Å². The minimum atomic E-state index is -1.27. The van der Waals surface area contributed by atoms with Crippen LogP contribution in [0.15, 0.2) is 42.0 Å². The number of amides is 1. The maximum atomic E-state index is 15.2. The molecule has 7 nitrogen and oxygen atoms in total. The van der Waals surface area contributed by atoms with Crippen LogP contribution in [0, 0.1) is 50.1 Å². The van der Waals surface area contributed by atoms with Crippen molar-refractivity contribution in [2.45, 2.75) is 129 Å². The highest BCUT2D eigenvalue weighted by Gasteiger charge is 2.78. The maximum absolute atomic E-state index is 15.2. The van der Waals surface area contributed by atoms with Crippen molar-refractivity contribution in [2.75, 3.05) is 13.1 Å². The molecule has 0 radical (unpaired) electrons. The zero-order chi connectivity index (χ0) is 37.5. The number of halogens is 2. The highest BCUT2D eigenvalue weighted by atomic mass is 35.5. The summed E-state index contributed by atoms with van der Waals surface area (Å²) in [6, 6.07) is 4.49. The summed E-state index contributed by atoms with van der Waals surface area (Å²) in [6.07, 6.45) is 12.4. The van der Waals surface area contributed by atoms with Gasteiger partial charge in [0.05, 0.1) is 23.7 Å². The molecule has 5 fully saturated rings. The summed E-state index contributed by atoms with van der Waals surface area (Å²) in [7, 11) is 0. The number of Topliss-reactive ketones (excluding diaryl/α,β-unsaturated/α-hetero) is 1. The Morgan fingerprint density at radius 2 is 1.67 bits per heavy atom. The number of nitrogens with zero attached hydrogens (tertiary/aromatic N) is 1. The van der Waals surface area contributed by atoms with Gasteiger partial charge in [0, 0.05) is 50.8 Å². The monoisotopic (exact) mass is 735 g/mol. The number of fused-ring (bicyclic) bond motifs is 3. The number of aliphatic hydroxyl groups excluding tert-OH is 1. The average molecular weight is 736 g/mol. The zero-order valence-electron chi connectivity index (χ0n) is 31.6. The van der Waals surface area contributed by atoms with Crippen molar-refractivity contribution in [1.29, 1.82) is 0 Å². The Morgan fingerprint density at radius 1 is 0.981 bits per heavy atom. The molecule has 2 N–H and O–H groups in total. The summed E-state index contributed by atoms with van der Waals surface area (Å²) in [4.78, 5) is 44.5. The maximum Gasteiger partial charge on any atom is 0.313 e. The van der Waals surface area contributed by atoms with Crippen LogP contribution in [0.2, 0.25) is 5.02 Å². The van der Waals surface area contributed by atoms with Gasteiger partial charge in [0.2, 0.25) is 0 Å². The Kier molecular flexibility index (Phi) is 7.88. The number of hydrogen-bond acceptors (Lipinski definition) is 6. The molecule has 2 spiro atoms. The van der Waals surface area contributed by atoms with Crippen LogP contribution >= 0.6 is 11.6 Å². The van der Waals surface area contributed by atoms with Crippen LogP contribution in [0.4, 0.5) is 4.39 Å². The lowest BCUT2D eigenvalue weighted by Gasteiger charge is -2.71. The quantitative estimate of drug-likeness (QED) is 0.211. The Hall–Kier alpha value is -2.55. The standard InChI is InChI=1S/C43H55ClFNO6/c1-7-21-46(34(49)43-20-17-39(6,35(50)52-43)36(43,2)3)25-41(51)16-13-33-38(41,5)15-12-32-37(4)14-11-26(47)23-40(37)18-19-42(32,33)28(24-40)31(48)22-27-29(44)9-8-10-30(27)45/h8-10,18-19,24,26,32-33,47,51H,7,11-17,20-23,25H2,1-6H3. The molecule has 10 unspecified atom stereocenters. The molecule has 9 rings (SSSR count). The number of rotatable bonds is 8. The number of hydrogen-bond donors (Lipinski definition) is 2. The third-order valence-corrected chi connectivity index (χ3v) is 17.4. The van der Waals surface area contributed by atoms with Crippen molar-refractivity contribution >= 4 is 29.3 Å². The first-order valence-corrected chi connectivity index (χ1v) is 20.0. The van der Waals surface area contributed by atoms with Crippen molar-refractivity contribution in [3.63, 3.8) is 0 Å². The van der Waals surface area contributed by atoms with Gasteiger partial charge in [-0.2, -0.15) is 0 Å². The summed E-state index contributed by atoms with van der Waals surface area (Å²) >= 11 is 6.48. The van der Waals surface area contributed by atoms with Crippen molar-refractivity contribution < 1.29 is 33.7 Å². The fourth-order valence-corrected chi connectivity index (χ4v) is 13.7. The molecule has 1 aliphatic heterocycles. The highest BCUT2D eigenvalue weighted by molar-refractivity contribution is 6.31. The molecule has 1 saturated heterocycles. The van der Waals surface area contributed by atoms with Gasteiger partial charge < -0.3 is 19.8 Å². The van der Waals surface area contributed by atoms with Gasteiger partial charge in [-0.15, -0.1) is 0 Å². The fourth-order valence-electron chi connectivity index (χ4n) is 13.4. The molecule has 52 heavy (non-hydrogen) atoms. The van der Waals surface area contributed by atoms with E-state index in [1.807, 2.05) is 27.7 Å². The number of esters is 1. The smallest absolute Gasteiger partial charge is 0.313 e. The first-order chi connectivity index (χ1) is 24.3. The Bertz CT molecular complexity index is 1810. The highest BCUT2D eigenvalue weighted by Crippen LogP contribution is 2.78. The van der Waals surface area contributed by atoms with Crippen LogP contribution in [0.1, 0.15) is 111 Å². The van der Waals surface area contributed by atoms with E-state index in [4.69, 9.17) is 16.3 Å². The van der Waals surface area contributed by atoms with Crippen LogP contribution in [0.5, 0.6) is 0 Å². The molecule has 282 valence electrons. The van der Waals surface area contributed by atoms with Gasteiger partial charge in [-0.3, -0.25) is 14.4 Å². The molecule has 8 aliphatic rings. The lowest BCUT2D eigenvalue weighted by atomic mass is 9.32. The van der Waals surface area contributed by atoms with Crippen molar-refractivity contribution in [3.8, 4) is 0 Å². The largest absolute Gasteiger partial charge is 0.448 e. The molecule has 10 atom stereocenters. The average Bonchev–Trinajstić information content (AvgIpc) is 3.54. The third-order valence-electron chi connectivity index (χ3n) is 17.1. The van der Waals surface area contributed by atoms with E-state index in [1.54, 1.807) is 17.0 Å². The van der Waals surface area contributed by atoms with Crippen LogP contribution in [-0.4, -0.2) is 63.2 Å². The third kappa shape index (κ3) is 4.18. The van der Waals surface area contributed by atoms with Crippen LogP contribution in [0.25, 0.3) is 0 Å². The number of allylic oxidation sites excluding steroid dienone is 4. The Labute approximate surface area is 312 Å². The van der Waals surface area contributed by atoms with Gasteiger partial charge >= 0.3 is 5.97 Å². The number of benzene rings is 1. The predicted octanol–water partition coefficient (Wildman–Crippen LogP) is 7.54. The normalized spacial score (nSPS) is 44.8. The Balaban J connectivity index is 1.19. The molecule has 7 aliphatic carbocycles. The molecule has 1 aromatic rings. The van der Waals surface area contributed by atoms with Gasteiger partial charge in [0.15, 0.2) is 11.4 Å². The molecule has 1 aromatic carbocycles. The van der Waals surface area contributed by atoms with E-state index >= 15 is 4.39 Å². The van der Waals surface area contributed by atoms with Gasteiger partial charge in [0.1, 0.15) is 5.82 Å². The summed E-state index contributed by atoms with van der Waals surface area (Å²) in [6.45, 7) is 12.9. The van der Waals surface area contributed by atoms with Crippen LogP contribution < -0.4 is 0 Å². The van der Waals surface area contributed by atoms with Crippen molar-refractivity contribution in [2.24, 2.45) is 44.3 Å². The number of ketones is 1. The van der Waals surface area contributed by atoms with Crippen LogP contribution in [0.3, 0.4) is 0 Å². The minimum Gasteiger partial charge on any atom is -0.448 e. The second-order valence-corrected chi connectivity index (χ2v) is 19.4.